The fourth-order valence-electron chi connectivity index (χ4n) is 2.23. The second-order valence-electron chi connectivity index (χ2n) is 4.69. The molecule has 1 saturated heterocycles. The number of carbonyl (C=O) groups is 1. The van der Waals surface area contributed by atoms with Crippen LogP contribution < -0.4 is 10.6 Å². The van der Waals surface area contributed by atoms with Crippen LogP contribution in [0, 0.1) is 11.7 Å². The minimum absolute atomic E-state index is 0. The first-order valence-corrected chi connectivity index (χ1v) is 6.40. The number of anilines is 1. The smallest absolute Gasteiger partial charge is 0.228 e. The predicted octanol–water partition coefficient (Wildman–Crippen LogP) is 1.38. The van der Waals surface area contributed by atoms with Gasteiger partial charge in [0.05, 0.1) is 5.92 Å². The minimum atomic E-state index is -0.460. The van der Waals surface area contributed by atoms with Crippen LogP contribution >= 0.6 is 12.4 Å². The first kappa shape index (κ1) is 15.4. The third-order valence-electron chi connectivity index (χ3n) is 3.31. The molecule has 2 N–H and O–H groups in total. The summed E-state index contributed by atoms with van der Waals surface area (Å²) in [7, 11) is 0. The zero-order valence-corrected chi connectivity index (χ0v) is 11.9. The molecule has 1 amide bonds. The molecule has 0 saturated carbocycles. The van der Waals surface area contributed by atoms with Crippen molar-refractivity contribution in [1.82, 2.24) is 20.1 Å². The molecule has 1 fully saturated rings. The van der Waals surface area contributed by atoms with E-state index in [1.807, 2.05) is 0 Å². The van der Waals surface area contributed by atoms with Gasteiger partial charge in [-0.25, -0.2) is 14.1 Å². The maximum absolute atomic E-state index is 14.0. The normalized spacial score (nSPS) is 17.3. The van der Waals surface area contributed by atoms with Gasteiger partial charge in [0, 0.05) is 12.2 Å². The minimum Gasteiger partial charge on any atom is -0.326 e. The predicted molar refractivity (Wildman–Crippen MR) is 78.2 cm³/mol. The first-order valence-electron chi connectivity index (χ1n) is 6.40. The number of halogens is 2. The molecule has 2 heterocycles. The summed E-state index contributed by atoms with van der Waals surface area (Å²) < 4.78 is 15.3. The summed E-state index contributed by atoms with van der Waals surface area (Å²) in [6.45, 7) is 1.52. The van der Waals surface area contributed by atoms with E-state index in [0.717, 1.165) is 13.0 Å². The molecule has 112 valence electrons. The molecule has 6 nitrogen and oxygen atoms in total. The summed E-state index contributed by atoms with van der Waals surface area (Å²) in [6.07, 6.45) is 3.56. The molecule has 1 aliphatic heterocycles. The Balaban J connectivity index is 0.00000161. The van der Waals surface area contributed by atoms with Gasteiger partial charge >= 0.3 is 0 Å². The highest BCUT2D eigenvalue weighted by Crippen LogP contribution is 2.19. The molecular formula is C13H15ClFN5O. The second kappa shape index (κ2) is 6.64. The Morgan fingerprint density at radius 3 is 2.95 bits per heavy atom. The van der Waals surface area contributed by atoms with E-state index in [1.54, 1.807) is 12.1 Å². The van der Waals surface area contributed by atoms with E-state index in [1.165, 1.54) is 23.4 Å². The van der Waals surface area contributed by atoms with Gasteiger partial charge in [0.25, 0.3) is 0 Å². The number of benzene rings is 1. The number of amides is 1. The molecule has 3 rings (SSSR count). The third-order valence-corrected chi connectivity index (χ3v) is 3.31. The fraction of sp³-hybridized carbons (Fsp3) is 0.308. The van der Waals surface area contributed by atoms with Gasteiger partial charge in [-0.05, 0) is 31.2 Å². The lowest BCUT2D eigenvalue weighted by Crippen LogP contribution is -2.24. The van der Waals surface area contributed by atoms with Gasteiger partial charge in [-0.1, -0.05) is 0 Å². The van der Waals surface area contributed by atoms with Gasteiger partial charge in [-0.2, -0.15) is 5.10 Å². The molecule has 0 aliphatic carbocycles. The van der Waals surface area contributed by atoms with Crippen LogP contribution in [0.3, 0.4) is 0 Å². The average Bonchev–Trinajstić information content (AvgIpc) is 3.12. The molecule has 0 spiro atoms. The van der Waals surface area contributed by atoms with E-state index in [0.29, 0.717) is 17.9 Å². The standard InChI is InChI=1S/C13H14FN5O.ClH/c14-11-5-10(18-13(20)9-3-4-15-6-9)1-2-12(11)19-8-16-7-17-19;/h1-2,5,7-9,15H,3-4,6H2,(H,18,20);1H. The molecule has 1 unspecified atom stereocenters. The highest BCUT2D eigenvalue weighted by molar-refractivity contribution is 5.93. The van der Waals surface area contributed by atoms with Crippen LogP contribution in [0.15, 0.2) is 30.9 Å². The molecule has 1 aromatic heterocycles. The van der Waals surface area contributed by atoms with Crippen molar-refractivity contribution in [2.75, 3.05) is 18.4 Å². The Kier molecular flexibility index (Phi) is 4.87. The van der Waals surface area contributed by atoms with Crippen molar-refractivity contribution in [2.24, 2.45) is 5.92 Å². The van der Waals surface area contributed by atoms with E-state index in [9.17, 15) is 9.18 Å². The van der Waals surface area contributed by atoms with Gasteiger partial charge < -0.3 is 10.6 Å². The van der Waals surface area contributed by atoms with E-state index >= 15 is 0 Å². The Labute approximate surface area is 127 Å². The molecule has 0 bridgehead atoms. The molecular weight excluding hydrogens is 297 g/mol. The quantitative estimate of drug-likeness (QED) is 0.898. The summed E-state index contributed by atoms with van der Waals surface area (Å²) in [5.74, 6) is -0.589. The van der Waals surface area contributed by atoms with Crippen molar-refractivity contribution >= 4 is 24.0 Å². The highest BCUT2D eigenvalue weighted by atomic mass is 35.5. The summed E-state index contributed by atoms with van der Waals surface area (Å²) in [6, 6.07) is 4.50. The molecule has 21 heavy (non-hydrogen) atoms. The summed E-state index contributed by atoms with van der Waals surface area (Å²) in [5.41, 5.74) is 0.742. The number of hydrogen-bond donors (Lipinski definition) is 2. The summed E-state index contributed by atoms with van der Waals surface area (Å²) in [5, 5.41) is 9.73. The van der Waals surface area contributed by atoms with Crippen LogP contribution in [-0.4, -0.2) is 33.8 Å². The molecule has 1 aromatic carbocycles. The molecule has 8 heteroatoms. The van der Waals surface area contributed by atoms with Gasteiger partial charge in [-0.15, -0.1) is 12.4 Å². The van der Waals surface area contributed by atoms with Gasteiger partial charge in [0.1, 0.15) is 18.3 Å². The van der Waals surface area contributed by atoms with Crippen LogP contribution in [0.25, 0.3) is 5.69 Å². The largest absolute Gasteiger partial charge is 0.326 e. The first-order chi connectivity index (χ1) is 9.74. The van der Waals surface area contributed by atoms with Crippen LogP contribution in [0.5, 0.6) is 0 Å². The number of nitrogens with one attached hydrogen (secondary N) is 2. The van der Waals surface area contributed by atoms with Crippen molar-refractivity contribution < 1.29 is 9.18 Å². The molecule has 2 aromatic rings. The summed E-state index contributed by atoms with van der Waals surface area (Å²) >= 11 is 0. The zero-order chi connectivity index (χ0) is 13.9. The van der Waals surface area contributed by atoms with Crippen molar-refractivity contribution in [3.05, 3.63) is 36.7 Å². The van der Waals surface area contributed by atoms with Crippen molar-refractivity contribution in [1.29, 1.82) is 0 Å². The van der Waals surface area contributed by atoms with E-state index in [-0.39, 0.29) is 24.2 Å². The number of rotatable bonds is 3. The van der Waals surface area contributed by atoms with Crippen LogP contribution in [0.1, 0.15) is 6.42 Å². The monoisotopic (exact) mass is 311 g/mol. The lowest BCUT2D eigenvalue weighted by molar-refractivity contribution is -0.119. The molecule has 1 atom stereocenters. The Hall–Kier alpha value is -1.99. The van der Waals surface area contributed by atoms with Crippen LogP contribution in [0.4, 0.5) is 10.1 Å². The number of aromatic nitrogens is 3. The fourth-order valence-corrected chi connectivity index (χ4v) is 2.23. The molecule has 1 aliphatic rings. The highest BCUT2D eigenvalue weighted by Gasteiger charge is 2.22. The van der Waals surface area contributed by atoms with Crippen molar-refractivity contribution in [3.8, 4) is 5.69 Å². The van der Waals surface area contributed by atoms with Crippen molar-refractivity contribution in [3.63, 3.8) is 0 Å². The molecule has 0 radical (unpaired) electrons. The average molecular weight is 312 g/mol. The Bertz CT molecular complexity index is 613. The maximum atomic E-state index is 14.0. The lowest BCUT2D eigenvalue weighted by atomic mass is 10.1. The van der Waals surface area contributed by atoms with Crippen molar-refractivity contribution in [2.45, 2.75) is 6.42 Å². The third kappa shape index (κ3) is 3.37. The number of carbonyl (C=O) groups excluding carboxylic acids is 1. The van der Waals surface area contributed by atoms with Gasteiger partial charge in [-0.3, -0.25) is 4.79 Å². The maximum Gasteiger partial charge on any atom is 0.228 e. The van der Waals surface area contributed by atoms with Gasteiger partial charge in [0.2, 0.25) is 5.91 Å². The number of hydrogen-bond acceptors (Lipinski definition) is 4. The van der Waals surface area contributed by atoms with Crippen LogP contribution in [-0.2, 0) is 4.79 Å². The Morgan fingerprint density at radius 2 is 2.33 bits per heavy atom. The Morgan fingerprint density at radius 1 is 1.48 bits per heavy atom. The summed E-state index contributed by atoms with van der Waals surface area (Å²) in [4.78, 5) is 15.7. The van der Waals surface area contributed by atoms with E-state index in [4.69, 9.17) is 0 Å². The number of nitrogens with zero attached hydrogens (tertiary/aromatic N) is 3. The lowest BCUT2D eigenvalue weighted by Gasteiger charge is -2.11. The van der Waals surface area contributed by atoms with E-state index < -0.39 is 5.82 Å². The van der Waals surface area contributed by atoms with E-state index in [2.05, 4.69) is 20.7 Å². The van der Waals surface area contributed by atoms with Crippen LogP contribution in [0.2, 0.25) is 0 Å². The van der Waals surface area contributed by atoms with Gasteiger partial charge in [0.15, 0.2) is 5.82 Å². The second-order valence-corrected chi connectivity index (χ2v) is 4.69. The zero-order valence-electron chi connectivity index (χ0n) is 11.1. The topological polar surface area (TPSA) is 71.8 Å². The SMILES string of the molecule is Cl.O=C(Nc1ccc(-n2cncn2)c(F)c1)C1CCNC1.